The number of nitrogens with one attached hydrogen (secondary N) is 3. The number of benzene rings is 2. The highest BCUT2D eigenvalue weighted by molar-refractivity contribution is 6.04. The van der Waals surface area contributed by atoms with E-state index in [-0.39, 0.29) is 22.9 Å². The molecule has 0 bridgehead atoms. The number of nitrogens with zero attached hydrogens (tertiary/aromatic N) is 4. The summed E-state index contributed by atoms with van der Waals surface area (Å²) in [6.45, 7) is 0.405. The van der Waals surface area contributed by atoms with E-state index in [1.165, 1.54) is 47.4 Å². The zero-order valence-electron chi connectivity index (χ0n) is 18.9. The van der Waals surface area contributed by atoms with Gasteiger partial charge in [0.05, 0.1) is 16.8 Å². The predicted octanol–water partition coefficient (Wildman–Crippen LogP) is 4.42. The Hall–Kier alpha value is -4.23. The lowest BCUT2D eigenvalue weighted by Crippen LogP contribution is -2.27. The zero-order chi connectivity index (χ0) is 26.2. The van der Waals surface area contributed by atoms with Crippen LogP contribution in [0.3, 0.4) is 0 Å². The van der Waals surface area contributed by atoms with E-state index in [0.717, 1.165) is 6.07 Å². The van der Waals surface area contributed by atoms with Gasteiger partial charge in [0.25, 0.3) is 5.91 Å². The number of hydrogen-bond donors (Lipinski definition) is 3. The Labute approximate surface area is 206 Å². The predicted molar refractivity (Wildman–Crippen MR) is 122 cm³/mol. The van der Waals surface area contributed by atoms with Crippen molar-refractivity contribution in [1.82, 2.24) is 30.6 Å². The summed E-state index contributed by atoms with van der Waals surface area (Å²) in [6.07, 6.45) is -1.53. The van der Waals surface area contributed by atoms with E-state index in [1.54, 1.807) is 6.07 Å². The van der Waals surface area contributed by atoms with Gasteiger partial charge in [-0.05, 0) is 54.4 Å². The molecule has 1 atom stereocenters. The third kappa shape index (κ3) is 5.04. The van der Waals surface area contributed by atoms with E-state index in [9.17, 15) is 26.7 Å². The normalized spacial score (nSPS) is 15.6. The van der Waals surface area contributed by atoms with Crippen LogP contribution in [-0.2, 0) is 6.18 Å². The van der Waals surface area contributed by atoms with Crippen LogP contribution < -0.4 is 16.2 Å². The van der Waals surface area contributed by atoms with E-state index < -0.39 is 40.9 Å². The fourth-order valence-electron chi connectivity index (χ4n) is 3.99. The molecule has 1 unspecified atom stereocenters. The van der Waals surface area contributed by atoms with Crippen LogP contribution in [0.15, 0.2) is 60.9 Å². The fourth-order valence-corrected chi connectivity index (χ4v) is 3.99. The maximum Gasteiger partial charge on any atom is 0.416 e. The number of carbonyl (C=O) groups excluding carboxylic acids is 1. The number of amides is 1. The maximum absolute atomic E-state index is 14.9. The Balaban J connectivity index is 1.55. The van der Waals surface area contributed by atoms with Crippen LogP contribution in [-0.4, -0.2) is 32.2 Å². The molecule has 0 aliphatic carbocycles. The highest BCUT2D eigenvalue weighted by Crippen LogP contribution is 2.37. The van der Waals surface area contributed by atoms with Crippen LogP contribution in [0.1, 0.15) is 33.9 Å². The zero-order valence-corrected chi connectivity index (χ0v) is 18.9. The highest BCUT2D eigenvalue weighted by atomic mass is 19.4. The number of aromatic nitrogens is 4. The minimum absolute atomic E-state index is 0.0422. The Morgan fingerprint density at radius 3 is 2.43 bits per heavy atom. The number of halogens is 5. The van der Waals surface area contributed by atoms with Crippen molar-refractivity contribution in [3.05, 3.63) is 89.2 Å². The summed E-state index contributed by atoms with van der Waals surface area (Å²) in [4.78, 5) is 21.4. The number of hydrazine groups is 1. The van der Waals surface area contributed by atoms with Crippen molar-refractivity contribution in [3.8, 4) is 17.2 Å². The molecule has 0 radical (unpaired) electrons. The van der Waals surface area contributed by atoms with Crippen LogP contribution >= 0.6 is 0 Å². The third-order valence-corrected chi connectivity index (χ3v) is 5.72. The molecule has 4 aromatic rings. The fraction of sp³-hybridized carbons (Fsp3) is 0.167. The highest BCUT2D eigenvalue weighted by Gasteiger charge is 2.38. The molecule has 1 amide bonds. The second-order valence-corrected chi connectivity index (χ2v) is 8.16. The molecule has 13 heteroatoms. The molecule has 37 heavy (non-hydrogen) atoms. The summed E-state index contributed by atoms with van der Waals surface area (Å²) in [5.41, 5.74) is 4.05. The molecule has 0 saturated carbocycles. The average molecular weight is 515 g/mol. The number of anilines is 1. The lowest BCUT2D eigenvalue weighted by Gasteiger charge is -2.19. The van der Waals surface area contributed by atoms with Gasteiger partial charge >= 0.3 is 6.18 Å². The van der Waals surface area contributed by atoms with Crippen molar-refractivity contribution < 1.29 is 26.7 Å². The van der Waals surface area contributed by atoms with E-state index >= 15 is 0 Å². The van der Waals surface area contributed by atoms with Gasteiger partial charge in [0.1, 0.15) is 23.1 Å². The Morgan fingerprint density at radius 1 is 1.05 bits per heavy atom. The first-order valence-corrected chi connectivity index (χ1v) is 11.0. The van der Waals surface area contributed by atoms with Gasteiger partial charge in [-0.25, -0.2) is 23.4 Å². The summed E-state index contributed by atoms with van der Waals surface area (Å²) in [5, 5.41) is 6.87. The van der Waals surface area contributed by atoms with Crippen molar-refractivity contribution in [2.75, 3.05) is 11.9 Å². The SMILES string of the molecule is O=C(Nc1cc(-c2ncccn2)nn1-c1ccc(F)cc1)c1cc(C2CCNN2)c(C(F)(F)F)cc1F. The van der Waals surface area contributed by atoms with Gasteiger partial charge in [0.2, 0.25) is 0 Å². The lowest BCUT2D eigenvalue weighted by atomic mass is 9.95. The summed E-state index contributed by atoms with van der Waals surface area (Å²) < 4.78 is 70.5. The summed E-state index contributed by atoms with van der Waals surface area (Å²) in [7, 11) is 0. The summed E-state index contributed by atoms with van der Waals surface area (Å²) >= 11 is 0. The summed E-state index contributed by atoms with van der Waals surface area (Å²) in [6, 6.07) is 8.66. The van der Waals surface area contributed by atoms with Crippen molar-refractivity contribution in [2.45, 2.75) is 18.6 Å². The van der Waals surface area contributed by atoms with Gasteiger partial charge in [-0.2, -0.15) is 18.3 Å². The third-order valence-electron chi connectivity index (χ3n) is 5.72. The van der Waals surface area contributed by atoms with Crippen LogP contribution in [0.2, 0.25) is 0 Å². The van der Waals surface area contributed by atoms with Gasteiger partial charge < -0.3 is 5.32 Å². The molecule has 5 rings (SSSR count). The molecule has 3 heterocycles. The van der Waals surface area contributed by atoms with Crippen LogP contribution in [0.5, 0.6) is 0 Å². The molecule has 2 aromatic heterocycles. The van der Waals surface area contributed by atoms with Crippen molar-refractivity contribution in [3.63, 3.8) is 0 Å². The minimum atomic E-state index is -4.82. The minimum Gasteiger partial charge on any atom is -0.306 e. The van der Waals surface area contributed by atoms with Gasteiger partial charge in [-0.15, -0.1) is 0 Å². The molecule has 0 spiro atoms. The van der Waals surface area contributed by atoms with E-state index in [1.807, 2.05) is 0 Å². The van der Waals surface area contributed by atoms with Gasteiger partial charge in [0.15, 0.2) is 5.82 Å². The smallest absolute Gasteiger partial charge is 0.306 e. The van der Waals surface area contributed by atoms with Crippen LogP contribution in [0.25, 0.3) is 17.2 Å². The van der Waals surface area contributed by atoms with Crippen LogP contribution in [0, 0.1) is 11.6 Å². The largest absolute Gasteiger partial charge is 0.416 e. The van der Waals surface area contributed by atoms with Crippen molar-refractivity contribution in [2.24, 2.45) is 0 Å². The second kappa shape index (κ2) is 9.67. The average Bonchev–Trinajstić information content (AvgIpc) is 3.55. The number of hydrogen-bond acceptors (Lipinski definition) is 6. The molecule has 2 aromatic carbocycles. The van der Waals surface area contributed by atoms with Crippen LogP contribution in [0.4, 0.5) is 27.8 Å². The Kier molecular flexibility index (Phi) is 6.39. The lowest BCUT2D eigenvalue weighted by molar-refractivity contribution is -0.138. The van der Waals surface area contributed by atoms with E-state index in [0.29, 0.717) is 24.7 Å². The van der Waals surface area contributed by atoms with E-state index in [4.69, 9.17) is 0 Å². The monoisotopic (exact) mass is 515 g/mol. The Bertz CT molecular complexity index is 1430. The van der Waals surface area contributed by atoms with Gasteiger partial charge in [-0.1, -0.05) is 0 Å². The molecule has 8 nitrogen and oxygen atoms in total. The van der Waals surface area contributed by atoms with Gasteiger partial charge in [-0.3, -0.25) is 15.6 Å². The quantitative estimate of drug-likeness (QED) is 0.341. The topological polar surface area (TPSA) is 96.8 Å². The van der Waals surface area contributed by atoms with E-state index in [2.05, 4.69) is 31.2 Å². The molecule has 190 valence electrons. The molecule has 1 aliphatic rings. The standard InChI is InChI=1S/C24H18F5N7O/c25-13-2-4-14(5-3-13)36-21(12-20(35-36)22-30-7-1-8-31-22)33-23(37)16-10-15(19-6-9-32-34-19)17(11-18(16)26)24(27,28)29/h1-5,7-8,10-12,19,32,34H,6,9H2,(H,33,37). The first-order chi connectivity index (χ1) is 17.7. The molecule has 1 fully saturated rings. The first-order valence-electron chi connectivity index (χ1n) is 11.0. The van der Waals surface area contributed by atoms with Crippen molar-refractivity contribution in [1.29, 1.82) is 0 Å². The molecule has 1 saturated heterocycles. The maximum atomic E-state index is 14.9. The molecular weight excluding hydrogens is 497 g/mol. The first kappa shape index (κ1) is 24.5. The number of alkyl halides is 3. The van der Waals surface area contributed by atoms with Crippen molar-refractivity contribution >= 4 is 11.7 Å². The number of carbonyl (C=O) groups is 1. The Morgan fingerprint density at radius 2 is 1.78 bits per heavy atom. The molecule has 3 N–H and O–H groups in total. The number of rotatable bonds is 5. The molecule has 1 aliphatic heterocycles. The summed E-state index contributed by atoms with van der Waals surface area (Å²) in [5.74, 6) is -2.56. The van der Waals surface area contributed by atoms with Gasteiger partial charge in [0, 0.05) is 31.0 Å². The second-order valence-electron chi connectivity index (χ2n) is 8.16. The molecular formula is C24H18F5N7O.